The monoisotopic (exact) mass is 304 g/mol. The third kappa shape index (κ3) is 6.74. The summed E-state index contributed by atoms with van der Waals surface area (Å²) in [6.45, 7) is 2.01. The van der Waals surface area contributed by atoms with Gasteiger partial charge in [-0.05, 0) is 6.42 Å². The minimum absolute atomic E-state index is 0.0664. The standard InChI is InChI=1S/C15H28O6/c1-2-3-4-5-6-7-8-13(18)21-15-12(17)10-20-9-11(16)14(15)19/h11-12,14-17,19H,2-10H2,1H3/t11-,12-,14-,15-/m1/s1. The van der Waals surface area contributed by atoms with Crippen LogP contribution in [0.4, 0.5) is 0 Å². The topological polar surface area (TPSA) is 96.2 Å². The van der Waals surface area contributed by atoms with E-state index in [1.165, 1.54) is 19.3 Å². The molecule has 0 aromatic rings. The largest absolute Gasteiger partial charge is 0.457 e. The number of rotatable bonds is 8. The fourth-order valence-corrected chi connectivity index (χ4v) is 2.36. The zero-order chi connectivity index (χ0) is 15.7. The molecular formula is C15H28O6. The second-order valence-corrected chi connectivity index (χ2v) is 5.63. The van der Waals surface area contributed by atoms with Crippen molar-refractivity contribution in [3.63, 3.8) is 0 Å². The quantitative estimate of drug-likeness (QED) is 0.452. The number of aliphatic hydroxyl groups excluding tert-OH is 3. The lowest BCUT2D eigenvalue weighted by Crippen LogP contribution is -2.46. The van der Waals surface area contributed by atoms with Crippen molar-refractivity contribution in [3.05, 3.63) is 0 Å². The van der Waals surface area contributed by atoms with Gasteiger partial charge in [0.15, 0.2) is 6.10 Å². The molecule has 0 aromatic carbocycles. The Hall–Kier alpha value is -0.690. The summed E-state index contributed by atoms with van der Waals surface area (Å²) in [5, 5.41) is 29.2. The number of esters is 1. The molecule has 21 heavy (non-hydrogen) atoms. The van der Waals surface area contributed by atoms with Crippen LogP contribution in [0.15, 0.2) is 0 Å². The summed E-state index contributed by atoms with van der Waals surface area (Å²) < 4.78 is 10.1. The fraction of sp³-hybridized carbons (Fsp3) is 0.933. The van der Waals surface area contributed by atoms with Crippen molar-refractivity contribution < 1.29 is 29.6 Å². The maximum Gasteiger partial charge on any atom is 0.306 e. The van der Waals surface area contributed by atoms with Gasteiger partial charge in [0.1, 0.15) is 18.3 Å². The molecular weight excluding hydrogens is 276 g/mol. The summed E-state index contributed by atoms with van der Waals surface area (Å²) in [7, 11) is 0. The summed E-state index contributed by atoms with van der Waals surface area (Å²) in [6.07, 6.45) is 1.91. The molecule has 3 N–H and O–H groups in total. The molecule has 4 atom stereocenters. The first-order valence-electron chi connectivity index (χ1n) is 7.87. The van der Waals surface area contributed by atoms with Crippen molar-refractivity contribution in [3.8, 4) is 0 Å². The first kappa shape index (κ1) is 18.4. The normalized spacial score (nSPS) is 29.9. The Morgan fingerprint density at radius 1 is 1.05 bits per heavy atom. The highest BCUT2D eigenvalue weighted by atomic mass is 16.6. The van der Waals surface area contributed by atoms with Crippen molar-refractivity contribution in [1.29, 1.82) is 0 Å². The molecule has 0 spiro atoms. The van der Waals surface area contributed by atoms with Gasteiger partial charge in [-0.25, -0.2) is 0 Å². The van der Waals surface area contributed by atoms with Crippen molar-refractivity contribution in [2.24, 2.45) is 0 Å². The highest BCUT2D eigenvalue weighted by molar-refractivity contribution is 5.69. The van der Waals surface area contributed by atoms with E-state index in [0.29, 0.717) is 0 Å². The SMILES string of the molecule is CCCCCCCCC(=O)O[C@H]1[C@H](O)[C@H](O)COC[C@H]1O. The fourth-order valence-electron chi connectivity index (χ4n) is 2.36. The lowest BCUT2D eigenvalue weighted by atomic mass is 10.0. The molecule has 1 aliphatic rings. The van der Waals surface area contributed by atoms with E-state index in [1.807, 2.05) is 0 Å². The van der Waals surface area contributed by atoms with E-state index in [9.17, 15) is 20.1 Å². The van der Waals surface area contributed by atoms with Crippen LogP contribution < -0.4 is 0 Å². The third-order valence-electron chi connectivity index (χ3n) is 3.69. The zero-order valence-electron chi connectivity index (χ0n) is 12.7. The van der Waals surface area contributed by atoms with Crippen LogP contribution in [0.2, 0.25) is 0 Å². The first-order chi connectivity index (χ1) is 10.1. The minimum atomic E-state index is -1.32. The second-order valence-electron chi connectivity index (χ2n) is 5.63. The van der Waals surface area contributed by atoms with Crippen LogP contribution in [0.3, 0.4) is 0 Å². The summed E-state index contributed by atoms with van der Waals surface area (Å²) in [5.41, 5.74) is 0. The molecule has 0 amide bonds. The van der Waals surface area contributed by atoms with Gasteiger partial charge in [0.25, 0.3) is 0 Å². The summed E-state index contributed by atoms with van der Waals surface area (Å²) in [4.78, 5) is 11.7. The minimum Gasteiger partial charge on any atom is -0.457 e. The highest BCUT2D eigenvalue weighted by Gasteiger charge is 2.38. The molecule has 0 aromatic heterocycles. The Labute approximate surface area is 126 Å². The molecule has 124 valence electrons. The van der Waals surface area contributed by atoms with E-state index in [2.05, 4.69) is 6.92 Å². The van der Waals surface area contributed by atoms with E-state index < -0.39 is 30.4 Å². The first-order valence-corrected chi connectivity index (χ1v) is 7.87. The number of carbonyl (C=O) groups is 1. The van der Waals surface area contributed by atoms with Crippen LogP contribution in [0.1, 0.15) is 51.9 Å². The van der Waals surface area contributed by atoms with E-state index in [4.69, 9.17) is 9.47 Å². The van der Waals surface area contributed by atoms with E-state index in [1.54, 1.807) is 0 Å². The van der Waals surface area contributed by atoms with Gasteiger partial charge < -0.3 is 24.8 Å². The number of carbonyl (C=O) groups excluding carboxylic acids is 1. The van der Waals surface area contributed by atoms with E-state index >= 15 is 0 Å². The molecule has 1 saturated heterocycles. The van der Waals surface area contributed by atoms with E-state index in [0.717, 1.165) is 19.3 Å². The summed E-state index contributed by atoms with van der Waals surface area (Å²) >= 11 is 0. The molecule has 0 unspecified atom stereocenters. The molecule has 1 rings (SSSR count). The predicted molar refractivity (Wildman–Crippen MR) is 76.7 cm³/mol. The van der Waals surface area contributed by atoms with Crippen molar-refractivity contribution in [2.75, 3.05) is 13.2 Å². The van der Waals surface area contributed by atoms with Gasteiger partial charge in [-0.2, -0.15) is 0 Å². The van der Waals surface area contributed by atoms with Crippen LogP contribution in [0.25, 0.3) is 0 Å². The molecule has 0 bridgehead atoms. The lowest BCUT2D eigenvalue weighted by Gasteiger charge is -2.26. The molecule has 1 heterocycles. The maximum absolute atomic E-state index is 11.7. The van der Waals surface area contributed by atoms with E-state index in [-0.39, 0.29) is 19.6 Å². The predicted octanol–water partition coefficient (Wildman–Crippen LogP) is 0.762. The van der Waals surface area contributed by atoms with Crippen molar-refractivity contribution >= 4 is 5.97 Å². The van der Waals surface area contributed by atoms with Crippen LogP contribution >= 0.6 is 0 Å². The molecule has 0 saturated carbocycles. The van der Waals surface area contributed by atoms with Crippen LogP contribution in [0.5, 0.6) is 0 Å². The number of hydrogen-bond acceptors (Lipinski definition) is 6. The van der Waals surface area contributed by atoms with Gasteiger partial charge in [-0.1, -0.05) is 39.0 Å². The van der Waals surface area contributed by atoms with Crippen LogP contribution in [-0.4, -0.2) is 58.9 Å². The summed E-state index contributed by atoms with van der Waals surface area (Å²) in [6, 6.07) is 0. The van der Waals surface area contributed by atoms with Gasteiger partial charge in [-0.15, -0.1) is 0 Å². The van der Waals surface area contributed by atoms with Crippen LogP contribution in [0, 0.1) is 0 Å². The number of aliphatic hydroxyl groups is 3. The zero-order valence-corrected chi connectivity index (χ0v) is 12.7. The lowest BCUT2D eigenvalue weighted by molar-refractivity contribution is -0.169. The Kier molecular flexibility index (Phi) is 8.84. The van der Waals surface area contributed by atoms with Gasteiger partial charge in [0, 0.05) is 6.42 Å². The maximum atomic E-state index is 11.7. The van der Waals surface area contributed by atoms with Gasteiger partial charge in [0.05, 0.1) is 13.2 Å². The second kappa shape index (κ2) is 10.1. The molecule has 6 heteroatoms. The molecule has 6 nitrogen and oxygen atoms in total. The Morgan fingerprint density at radius 2 is 1.67 bits per heavy atom. The smallest absolute Gasteiger partial charge is 0.306 e. The Morgan fingerprint density at radius 3 is 2.38 bits per heavy atom. The Balaban J connectivity index is 2.28. The molecule has 0 aliphatic carbocycles. The highest BCUT2D eigenvalue weighted by Crippen LogP contribution is 2.16. The molecule has 1 fully saturated rings. The summed E-state index contributed by atoms with van der Waals surface area (Å²) in [5.74, 6) is -0.456. The molecule has 1 aliphatic heterocycles. The van der Waals surface area contributed by atoms with Crippen LogP contribution in [-0.2, 0) is 14.3 Å². The van der Waals surface area contributed by atoms with Crippen molar-refractivity contribution in [2.45, 2.75) is 76.3 Å². The Bertz CT molecular complexity index is 296. The number of unbranched alkanes of at least 4 members (excludes halogenated alkanes) is 5. The average Bonchev–Trinajstić information content (AvgIpc) is 2.57. The number of ether oxygens (including phenoxy) is 2. The molecule has 0 radical (unpaired) electrons. The average molecular weight is 304 g/mol. The van der Waals surface area contributed by atoms with Gasteiger partial charge in [-0.3, -0.25) is 4.79 Å². The third-order valence-corrected chi connectivity index (χ3v) is 3.69. The van der Waals surface area contributed by atoms with Gasteiger partial charge >= 0.3 is 5.97 Å². The van der Waals surface area contributed by atoms with Crippen molar-refractivity contribution in [1.82, 2.24) is 0 Å². The van der Waals surface area contributed by atoms with Gasteiger partial charge in [0.2, 0.25) is 0 Å². The number of hydrogen-bond donors (Lipinski definition) is 3.